The van der Waals surface area contributed by atoms with Gasteiger partial charge in [0.05, 0.1) is 22.0 Å². The highest BCUT2D eigenvalue weighted by Gasteiger charge is 2.18. The molecule has 158 valence electrons. The molecule has 9 heteroatoms. The van der Waals surface area contributed by atoms with E-state index in [-0.39, 0.29) is 27.9 Å². The summed E-state index contributed by atoms with van der Waals surface area (Å²) in [4.78, 5) is 37.4. The first-order chi connectivity index (χ1) is 15.5. The van der Waals surface area contributed by atoms with Crippen molar-refractivity contribution >= 4 is 40.5 Å². The number of hydrogen-bond acceptors (Lipinski definition) is 7. The minimum atomic E-state index is -0.553. The molecule has 6 nitrogen and oxygen atoms in total. The fraction of sp³-hybridized carbons (Fsp3) is 0.0870. The van der Waals surface area contributed by atoms with Crippen LogP contribution < -0.4 is 5.56 Å². The molecule has 4 rings (SSSR count). The van der Waals surface area contributed by atoms with Crippen molar-refractivity contribution in [2.75, 3.05) is 5.75 Å². The van der Waals surface area contributed by atoms with Crippen LogP contribution in [-0.2, 0) is 0 Å². The highest BCUT2D eigenvalue weighted by atomic mass is 35.5. The Balaban J connectivity index is 1.57. The highest BCUT2D eigenvalue weighted by Crippen LogP contribution is 2.29. The minimum Gasteiger partial charge on any atom is -0.300 e. The van der Waals surface area contributed by atoms with Gasteiger partial charge in [-0.25, -0.2) is 9.97 Å². The van der Waals surface area contributed by atoms with Gasteiger partial charge in [0, 0.05) is 16.1 Å². The Kier molecular flexibility index (Phi) is 6.51. The van der Waals surface area contributed by atoms with E-state index in [2.05, 4.69) is 15.0 Å². The summed E-state index contributed by atoms with van der Waals surface area (Å²) in [5.74, 6) is -0.0289. The SMILES string of the molecule is Cc1nc(-c2ccccc2)sc1C(=O)CSc1nc(-c2ccc(Cl)cc2)c(C#N)c(=O)[nH]1. The van der Waals surface area contributed by atoms with Gasteiger partial charge in [-0.15, -0.1) is 11.3 Å². The molecule has 0 aliphatic carbocycles. The third-order valence-corrected chi connectivity index (χ3v) is 6.91. The summed E-state index contributed by atoms with van der Waals surface area (Å²) in [6, 6.07) is 18.3. The van der Waals surface area contributed by atoms with Gasteiger partial charge < -0.3 is 4.98 Å². The Labute approximate surface area is 197 Å². The van der Waals surface area contributed by atoms with Crippen LogP contribution in [0.3, 0.4) is 0 Å². The van der Waals surface area contributed by atoms with E-state index >= 15 is 0 Å². The molecule has 0 fully saturated rings. The summed E-state index contributed by atoms with van der Waals surface area (Å²) in [7, 11) is 0. The number of aromatic nitrogens is 3. The third kappa shape index (κ3) is 4.65. The van der Waals surface area contributed by atoms with Crippen LogP contribution in [0.4, 0.5) is 0 Å². The number of aromatic amines is 1. The van der Waals surface area contributed by atoms with Crippen LogP contribution >= 0.6 is 34.7 Å². The summed E-state index contributed by atoms with van der Waals surface area (Å²) in [5, 5.41) is 11.0. The number of benzene rings is 2. The first-order valence-electron chi connectivity index (χ1n) is 9.45. The van der Waals surface area contributed by atoms with Gasteiger partial charge in [-0.05, 0) is 19.1 Å². The number of thiazole rings is 1. The molecule has 0 spiro atoms. The lowest BCUT2D eigenvalue weighted by Crippen LogP contribution is -2.15. The molecule has 0 radical (unpaired) electrons. The van der Waals surface area contributed by atoms with E-state index in [0.29, 0.717) is 21.2 Å². The lowest BCUT2D eigenvalue weighted by atomic mass is 10.1. The van der Waals surface area contributed by atoms with Gasteiger partial charge in [0.25, 0.3) is 5.56 Å². The average Bonchev–Trinajstić information content (AvgIpc) is 3.20. The van der Waals surface area contributed by atoms with Gasteiger partial charge in [-0.2, -0.15) is 5.26 Å². The molecule has 2 heterocycles. The van der Waals surface area contributed by atoms with Gasteiger partial charge in [0.1, 0.15) is 16.6 Å². The zero-order valence-corrected chi connectivity index (χ0v) is 19.1. The van der Waals surface area contributed by atoms with E-state index in [0.717, 1.165) is 22.3 Å². The first kappa shape index (κ1) is 22.0. The second kappa shape index (κ2) is 9.49. The van der Waals surface area contributed by atoms with Crippen LogP contribution in [0.1, 0.15) is 20.9 Å². The second-order valence-electron chi connectivity index (χ2n) is 6.72. The minimum absolute atomic E-state index is 0.0756. The number of halogens is 1. The van der Waals surface area contributed by atoms with Crippen LogP contribution in [0.15, 0.2) is 64.5 Å². The van der Waals surface area contributed by atoms with Crippen LogP contribution in [0.5, 0.6) is 0 Å². The maximum Gasteiger partial charge on any atom is 0.270 e. The number of thioether (sulfide) groups is 1. The van der Waals surface area contributed by atoms with Crippen LogP contribution in [0, 0.1) is 18.3 Å². The summed E-state index contributed by atoms with van der Waals surface area (Å²) < 4.78 is 0. The molecule has 32 heavy (non-hydrogen) atoms. The molecule has 0 atom stereocenters. The van der Waals surface area contributed by atoms with E-state index in [1.165, 1.54) is 11.3 Å². The molecule has 0 aliphatic rings. The summed E-state index contributed by atoms with van der Waals surface area (Å²) >= 11 is 8.39. The predicted molar refractivity (Wildman–Crippen MR) is 127 cm³/mol. The zero-order valence-electron chi connectivity index (χ0n) is 16.8. The number of aryl methyl sites for hydroxylation is 1. The number of H-pyrrole nitrogens is 1. The van der Waals surface area contributed by atoms with Crippen LogP contribution in [0.2, 0.25) is 5.02 Å². The van der Waals surface area contributed by atoms with Crippen molar-refractivity contribution in [2.24, 2.45) is 0 Å². The van der Waals surface area contributed by atoms with Gasteiger partial charge in [0.2, 0.25) is 0 Å². The molecule has 0 bridgehead atoms. The second-order valence-corrected chi connectivity index (χ2v) is 9.12. The number of carbonyl (C=O) groups excluding carboxylic acids is 1. The highest BCUT2D eigenvalue weighted by molar-refractivity contribution is 7.99. The summed E-state index contributed by atoms with van der Waals surface area (Å²) in [5.41, 5.74) is 1.83. The predicted octanol–water partition coefficient (Wildman–Crippen LogP) is 5.37. The first-order valence-corrected chi connectivity index (χ1v) is 11.6. The summed E-state index contributed by atoms with van der Waals surface area (Å²) in [6.45, 7) is 1.81. The number of nitrogens with zero attached hydrogens (tertiary/aromatic N) is 3. The smallest absolute Gasteiger partial charge is 0.270 e. The number of carbonyl (C=O) groups is 1. The molecule has 0 amide bonds. The monoisotopic (exact) mass is 478 g/mol. The number of Topliss-reactive ketones (excluding diaryl/α,β-unsaturated/α-hetero) is 1. The fourth-order valence-corrected chi connectivity index (χ4v) is 4.96. The molecule has 0 unspecified atom stereocenters. The maximum absolute atomic E-state index is 12.8. The van der Waals surface area contributed by atoms with Crippen LogP contribution in [0.25, 0.3) is 21.8 Å². The van der Waals surface area contributed by atoms with Gasteiger partial charge in [-0.3, -0.25) is 9.59 Å². The molecular weight excluding hydrogens is 464 g/mol. The van der Waals surface area contributed by atoms with Crippen molar-refractivity contribution in [1.29, 1.82) is 5.26 Å². The quantitative estimate of drug-likeness (QED) is 0.227. The normalized spacial score (nSPS) is 10.7. The number of nitrogens with one attached hydrogen (secondary N) is 1. The van der Waals surface area contributed by atoms with Crippen molar-refractivity contribution in [3.63, 3.8) is 0 Å². The van der Waals surface area contributed by atoms with Crippen molar-refractivity contribution in [3.05, 3.63) is 86.1 Å². The van der Waals surface area contributed by atoms with Gasteiger partial charge >= 0.3 is 0 Å². The number of hydrogen-bond donors (Lipinski definition) is 1. The Hall–Kier alpha value is -3.25. The largest absolute Gasteiger partial charge is 0.300 e. The van der Waals surface area contributed by atoms with E-state index in [4.69, 9.17) is 11.6 Å². The molecular formula is C23H15ClN4O2S2. The Bertz CT molecular complexity index is 1390. The Morgan fingerprint density at radius 3 is 2.53 bits per heavy atom. The maximum atomic E-state index is 12.8. The molecule has 1 N–H and O–H groups in total. The summed E-state index contributed by atoms with van der Waals surface area (Å²) in [6.07, 6.45) is 0. The van der Waals surface area contributed by atoms with Crippen molar-refractivity contribution in [1.82, 2.24) is 15.0 Å². The zero-order chi connectivity index (χ0) is 22.7. The molecule has 2 aromatic carbocycles. The molecule has 0 saturated carbocycles. The van der Waals surface area contributed by atoms with Crippen molar-refractivity contribution in [3.8, 4) is 27.9 Å². The molecule has 4 aromatic rings. The van der Waals surface area contributed by atoms with E-state index < -0.39 is 5.56 Å². The lowest BCUT2D eigenvalue weighted by Gasteiger charge is -2.06. The molecule has 0 aliphatic heterocycles. The standard InChI is InChI=1S/C23H15ClN4O2S2/c1-13-20(32-22(26-13)15-5-3-2-4-6-15)18(29)12-31-23-27-19(17(11-25)21(30)28-23)14-7-9-16(24)10-8-14/h2-10H,12H2,1H3,(H,27,28,30). The van der Waals surface area contributed by atoms with Crippen molar-refractivity contribution < 1.29 is 4.79 Å². The van der Waals surface area contributed by atoms with Gasteiger partial charge in [0.15, 0.2) is 10.9 Å². The topological polar surface area (TPSA) is 99.5 Å². The van der Waals surface area contributed by atoms with E-state index in [1.807, 2.05) is 36.4 Å². The van der Waals surface area contributed by atoms with Gasteiger partial charge in [-0.1, -0.05) is 65.8 Å². The average molecular weight is 479 g/mol. The third-order valence-electron chi connectivity index (χ3n) is 4.54. The molecule has 0 saturated heterocycles. The van der Waals surface area contributed by atoms with E-state index in [9.17, 15) is 14.9 Å². The Morgan fingerprint density at radius 2 is 1.84 bits per heavy atom. The van der Waals surface area contributed by atoms with Crippen molar-refractivity contribution in [2.45, 2.75) is 12.1 Å². The van der Waals surface area contributed by atoms with Crippen LogP contribution in [-0.4, -0.2) is 26.5 Å². The Morgan fingerprint density at radius 1 is 1.12 bits per heavy atom. The fourth-order valence-electron chi connectivity index (χ4n) is 3.00. The van der Waals surface area contributed by atoms with E-state index in [1.54, 1.807) is 31.2 Å². The number of rotatable bonds is 6. The lowest BCUT2D eigenvalue weighted by molar-refractivity contribution is 0.102. The number of ketones is 1. The number of nitriles is 1. The molecule has 2 aromatic heterocycles.